The summed E-state index contributed by atoms with van der Waals surface area (Å²) >= 11 is 0. The first-order chi connectivity index (χ1) is 12.5. The molecule has 136 valence electrons. The van der Waals surface area contributed by atoms with E-state index in [-0.39, 0.29) is 23.1 Å². The average molecular weight is 353 g/mol. The largest absolute Gasteiger partial charge is 0.491 e. The molecule has 3 heterocycles. The molecule has 0 bridgehead atoms. The van der Waals surface area contributed by atoms with Crippen LogP contribution in [-0.4, -0.2) is 35.3 Å². The van der Waals surface area contributed by atoms with E-state index in [1.807, 2.05) is 29.9 Å². The summed E-state index contributed by atoms with van der Waals surface area (Å²) in [5.74, 6) is -0.0872. The zero-order valence-electron chi connectivity index (χ0n) is 15.3. The van der Waals surface area contributed by atoms with E-state index in [0.717, 1.165) is 19.3 Å². The van der Waals surface area contributed by atoms with Gasteiger partial charge in [0, 0.05) is 19.3 Å². The number of carbonyl (C=O) groups excluding carboxylic acids is 1. The van der Waals surface area contributed by atoms with Crippen molar-refractivity contribution in [2.24, 2.45) is 0 Å². The van der Waals surface area contributed by atoms with Gasteiger partial charge in [-0.25, -0.2) is 0 Å². The van der Waals surface area contributed by atoms with Gasteiger partial charge in [0.25, 0.3) is 5.91 Å². The molecule has 1 fully saturated rings. The minimum atomic E-state index is -0.469. The molecule has 2 aliphatic heterocycles. The molecule has 26 heavy (non-hydrogen) atoms. The molecule has 1 amide bonds. The molecule has 0 saturated carbocycles. The molecule has 6 nitrogen and oxygen atoms in total. The molecule has 1 aromatic heterocycles. The number of methoxy groups -OCH3 is 1. The van der Waals surface area contributed by atoms with E-state index in [1.165, 1.54) is 18.7 Å². The first-order valence-corrected chi connectivity index (χ1v) is 8.91. The summed E-state index contributed by atoms with van der Waals surface area (Å²) in [6.07, 6.45) is 4.57. The number of carbonyl (C=O) groups is 1. The Labute approximate surface area is 152 Å². The van der Waals surface area contributed by atoms with E-state index in [9.17, 15) is 9.59 Å². The number of aromatic nitrogens is 1. The van der Waals surface area contributed by atoms with Crippen molar-refractivity contribution in [2.75, 3.05) is 19.2 Å². The summed E-state index contributed by atoms with van der Waals surface area (Å²) < 4.78 is 7.14. The van der Waals surface area contributed by atoms with Crippen LogP contribution in [0.2, 0.25) is 0 Å². The van der Waals surface area contributed by atoms with Crippen molar-refractivity contribution in [1.29, 1.82) is 0 Å². The number of nitrogens with zero attached hydrogens (tertiary/aromatic N) is 3. The molecular weight excluding hydrogens is 330 g/mol. The molecule has 2 unspecified atom stereocenters. The third kappa shape index (κ3) is 2.18. The number of hydrogen-bond acceptors (Lipinski definition) is 4. The normalized spacial score (nSPS) is 24.9. The Balaban J connectivity index is 1.98. The first-order valence-electron chi connectivity index (χ1n) is 8.91. The number of amides is 1. The Bertz CT molecular complexity index is 908. The maximum Gasteiger partial charge on any atom is 0.278 e. The lowest BCUT2D eigenvalue weighted by Gasteiger charge is -2.58. The van der Waals surface area contributed by atoms with E-state index in [4.69, 9.17) is 4.74 Å². The maximum absolute atomic E-state index is 13.1. The summed E-state index contributed by atoms with van der Waals surface area (Å²) in [4.78, 5) is 27.1. The highest BCUT2D eigenvalue weighted by Crippen LogP contribution is 2.43. The molecule has 2 aromatic rings. The number of rotatable bonds is 2. The van der Waals surface area contributed by atoms with Crippen LogP contribution in [0, 0.1) is 0 Å². The molecule has 0 spiro atoms. The Morgan fingerprint density at radius 3 is 2.58 bits per heavy atom. The quantitative estimate of drug-likeness (QED) is 0.833. The Morgan fingerprint density at radius 1 is 1.15 bits per heavy atom. The molecule has 1 saturated heterocycles. The third-order valence-electron chi connectivity index (χ3n) is 5.80. The van der Waals surface area contributed by atoms with E-state index in [1.54, 1.807) is 11.1 Å². The lowest BCUT2D eigenvalue weighted by Crippen LogP contribution is -2.70. The van der Waals surface area contributed by atoms with Crippen molar-refractivity contribution in [2.45, 2.75) is 37.9 Å². The van der Waals surface area contributed by atoms with Gasteiger partial charge in [0.05, 0.1) is 13.2 Å². The minimum Gasteiger partial charge on any atom is -0.491 e. The molecule has 2 atom stereocenters. The predicted octanol–water partition coefficient (Wildman–Crippen LogP) is 2.52. The fourth-order valence-electron chi connectivity index (χ4n) is 4.35. The molecule has 2 aliphatic rings. The zero-order chi connectivity index (χ0) is 18.5. The number of benzene rings is 1. The van der Waals surface area contributed by atoms with Gasteiger partial charge in [-0.05, 0) is 31.7 Å². The molecule has 4 rings (SSSR count). The second-order valence-electron chi connectivity index (χ2n) is 7.15. The number of hydrogen-bond donors (Lipinski definition) is 0. The van der Waals surface area contributed by atoms with E-state index >= 15 is 0 Å². The molecule has 0 aliphatic carbocycles. The van der Waals surface area contributed by atoms with Crippen LogP contribution in [0.5, 0.6) is 5.75 Å². The highest BCUT2D eigenvalue weighted by Gasteiger charge is 2.50. The van der Waals surface area contributed by atoms with Gasteiger partial charge in [-0.3, -0.25) is 19.3 Å². The molecule has 0 radical (unpaired) electrons. The summed E-state index contributed by atoms with van der Waals surface area (Å²) in [5, 5.41) is 2.23. The fourth-order valence-corrected chi connectivity index (χ4v) is 4.35. The van der Waals surface area contributed by atoms with Crippen LogP contribution in [0.3, 0.4) is 0 Å². The van der Waals surface area contributed by atoms with Gasteiger partial charge in [-0.2, -0.15) is 0 Å². The number of piperidine rings is 1. The standard InChI is InChI=1S/C20H23N3O3/c1-20-12-7-10-15(14-8-5-4-6-9-14)23(20)22-13-11-16(24)18(26-3)17(22)19(25)21(20)2/h4-6,8-9,11,13,15H,7,10,12H2,1-3H3. The number of pyridine rings is 1. The second-order valence-corrected chi connectivity index (χ2v) is 7.15. The lowest BCUT2D eigenvalue weighted by atomic mass is 9.87. The fraction of sp³-hybridized carbons (Fsp3) is 0.400. The van der Waals surface area contributed by atoms with Crippen molar-refractivity contribution < 1.29 is 9.53 Å². The number of ether oxygens (including phenoxy) is 1. The highest BCUT2D eigenvalue weighted by atomic mass is 16.5. The van der Waals surface area contributed by atoms with E-state index < -0.39 is 5.66 Å². The number of fused-ring (bicyclic) bond motifs is 3. The van der Waals surface area contributed by atoms with Gasteiger partial charge in [0.1, 0.15) is 5.66 Å². The molecular formula is C20H23N3O3. The predicted molar refractivity (Wildman–Crippen MR) is 99.0 cm³/mol. The van der Waals surface area contributed by atoms with Crippen LogP contribution in [0.15, 0.2) is 47.4 Å². The molecule has 6 heteroatoms. The lowest BCUT2D eigenvalue weighted by molar-refractivity contribution is 0.0239. The first kappa shape index (κ1) is 16.7. The van der Waals surface area contributed by atoms with Gasteiger partial charge in [0.2, 0.25) is 5.43 Å². The van der Waals surface area contributed by atoms with E-state index in [0.29, 0.717) is 5.69 Å². The minimum absolute atomic E-state index is 0.101. The summed E-state index contributed by atoms with van der Waals surface area (Å²) in [5.41, 5.74) is 0.744. The summed E-state index contributed by atoms with van der Waals surface area (Å²) in [7, 11) is 3.24. The van der Waals surface area contributed by atoms with Crippen LogP contribution in [0.25, 0.3) is 0 Å². The Hall–Kier alpha value is -2.76. The Kier molecular flexibility index (Phi) is 3.79. The van der Waals surface area contributed by atoms with Gasteiger partial charge in [-0.1, -0.05) is 30.3 Å². The van der Waals surface area contributed by atoms with Crippen LogP contribution in [-0.2, 0) is 0 Å². The van der Waals surface area contributed by atoms with Crippen molar-refractivity contribution in [3.63, 3.8) is 0 Å². The van der Waals surface area contributed by atoms with Gasteiger partial charge < -0.3 is 9.64 Å². The second kappa shape index (κ2) is 5.90. The molecule has 0 N–H and O–H groups in total. The summed E-state index contributed by atoms with van der Waals surface area (Å²) in [6, 6.07) is 11.9. The third-order valence-corrected chi connectivity index (χ3v) is 5.80. The van der Waals surface area contributed by atoms with Crippen LogP contribution in [0.4, 0.5) is 0 Å². The zero-order valence-corrected chi connectivity index (χ0v) is 15.3. The summed E-state index contributed by atoms with van der Waals surface area (Å²) in [6.45, 7) is 2.09. The smallest absolute Gasteiger partial charge is 0.278 e. The SMILES string of the molecule is COc1c2n(ccc1=O)N1C(c3ccccc3)CCCC1(C)N(C)C2=O. The Morgan fingerprint density at radius 2 is 1.88 bits per heavy atom. The van der Waals surface area contributed by atoms with Crippen LogP contribution < -0.4 is 15.2 Å². The van der Waals surface area contributed by atoms with Crippen molar-refractivity contribution in [3.8, 4) is 5.75 Å². The van der Waals surface area contributed by atoms with Gasteiger partial charge >= 0.3 is 0 Å². The topological polar surface area (TPSA) is 54.8 Å². The van der Waals surface area contributed by atoms with Crippen molar-refractivity contribution in [3.05, 3.63) is 64.1 Å². The van der Waals surface area contributed by atoms with Crippen LogP contribution in [0.1, 0.15) is 48.3 Å². The molecule has 1 aromatic carbocycles. The monoisotopic (exact) mass is 353 g/mol. The van der Waals surface area contributed by atoms with Crippen molar-refractivity contribution in [1.82, 2.24) is 9.58 Å². The maximum atomic E-state index is 13.1. The van der Waals surface area contributed by atoms with Crippen LogP contribution >= 0.6 is 0 Å². The van der Waals surface area contributed by atoms with Crippen molar-refractivity contribution >= 4 is 5.91 Å². The van der Waals surface area contributed by atoms with Gasteiger partial charge in [-0.15, -0.1) is 0 Å². The van der Waals surface area contributed by atoms with E-state index in [2.05, 4.69) is 24.1 Å². The average Bonchev–Trinajstić information content (AvgIpc) is 2.66. The van der Waals surface area contributed by atoms with Gasteiger partial charge in [0.15, 0.2) is 11.4 Å². The highest BCUT2D eigenvalue weighted by molar-refractivity contribution is 5.96.